The van der Waals surface area contributed by atoms with Crippen molar-refractivity contribution in [1.82, 2.24) is 15.0 Å². The summed E-state index contributed by atoms with van der Waals surface area (Å²) in [5, 5.41) is 14.5. The minimum absolute atomic E-state index is 0.0905. The van der Waals surface area contributed by atoms with Crippen LogP contribution in [0.2, 0.25) is 0 Å². The molecule has 0 radical (unpaired) electrons. The normalized spacial score (nSPS) is 10.4. The van der Waals surface area contributed by atoms with E-state index < -0.39 is 4.92 Å². The van der Waals surface area contributed by atoms with E-state index >= 15 is 0 Å². The molecule has 0 aliphatic rings. The van der Waals surface area contributed by atoms with E-state index in [-0.39, 0.29) is 17.4 Å². The van der Waals surface area contributed by atoms with Gasteiger partial charge in [0.25, 0.3) is 0 Å². The van der Waals surface area contributed by atoms with E-state index in [0.29, 0.717) is 12.3 Å². The van der Waals surface area contributed by atoms with Crippen LogP contribution < -0.4 is 10.1 Å². The molecular formula is C18H17N5O3. The zero-order valence-electron chi connectivity index (χ0n) is 14.3. The minimum Gasteiger partial charge on any atom is -0.434 e. The molecule has 8 nitrogen and oxygen atoms in total. The van der Waals surface area contributed by atoms with Crippen LogP contribution in [0.1, 0.15) is 16.7 Å². The average Bonchev–Trinajstić information content (AvgIpc) is 2.64. The molecule has 0 aliphatic carbocycles. The van der Waals surface area contributed by atoms with E-state index in [0.717, 1.165) is 16.7 Å². The van der Waals surface area contributed by atoms with Crippen molar-refractivity contribution in [3.8, 4) is 11.6 Å². The highest BCUT2D eigenvalue weighted by Gasteiger charge is 2.25. The van der Waals surface area contributed by atoms with Crippen molar-refractivity contribution < 1.29 is 9.66 Å². The third-order valence-electron chi connectivity index (χ3n) is 3.85. The van der Waals surface area contributed by atoms with Crippen molar-refractivity contribution in [2.75, 3.05) is 5.32 Å². The molecule has 26 heavy (non-hydrogen) atoms. The molecule has 0 spiro atoms. The fourth-order valence-corrected chi connectivity index (χ4v) is 2.31. The third-order valence-corrected chi connectivity index (χ3v) is 3.85. The smallest absolute Gasteiger partial charge is 0.373 e. The lowest BCUT2D eigenvalue weighted by atomic mass is 10.1. The van der Waals surface area contributed by atoms with Crippen LogP contribution in [0.15, 0.2) is 49.1 Å². The Morgan fingerprint density at radius 2 is 2.04 bits per heavy atom. The highest BCUT2D eigenvalue weighted by atomic mass is 16.6. The number of aryl methyl sites for hydroxylation is 2. The number of nitro groups is 1. The maximum absolute atomic E-state index is 11.6. The number of hydrogen-bond acceptors (Lipinski definition) is 7. The molecule has 3 rings (SSSR count). The molecule has 0 unspecified atom stereocenters. The highest BCUT2D eigenvalue weighted by molar-refractivity contribution is 5.62. The van der Waals surface area contributed by atoms with Gasteiger partial charge in [-0.3, -0.25) is 15.1 Å². The molecule has 0 atom stereocenters. The van der Waals surface area contributed by atoms with Crippen molar-refractivity contribution in [3.63, 3.8) is 0 Å². The zero-order chi connectivity index (χ0) is 18.5. The van der Waals surface area contributed by atoms with Crippen molar-refractivity contribution in [1.29, 1.82) is 0 Å². The molecule has 1 N–H and O–H groups in total. The Morgan fingerprint density at radius 1 is 1.19 bits per heavy atom. The van der Waals surface area contributed by atoms with Crippen molar-refractivity contribution >= 4 is 11.5 Å². The van der Waals surface area contributed by atoms with E-state index in [1.54, 1.807) is 24.5 Å². The number of ether oxygens (including phenoxy) is 1. The van der Waals surface area contributed by atoms with Crippen molar-refractivity contribution in [2.45, 2.75) is 20.4 Å². The molecule has 1 aromatic carbocycles. The number of nitrogens with zero attached hydrogens (tertiary/aromatic N) is 4. The second-order valence-corrected chi connectivity index (χ2v) is 5.70. The third kappa shape index (κ3) is 3.92. The van der Waals surface area contributed by atoms with Gasteiger partial charge in [-0.25, -0.2) is 4.98 Å². The molecule has 2 aromatic heterocycles. The first-order chi connectivity index (χ1) is 12.5. The Bertz CT molecular complexity index is 931. The van der Waals surface area contributed by atoms with Crippen LogP contribution in [0, 0.1) is 24.0 Å². The van der Waals surface area contributed by atoms with Crippen LogP contribution in [-0.2, 0) is 6.54 Å². The molecule has 0 aliphatic heterocycles. The number of nitrogens with one attached hydrogen (secondary N) is 1. The summed E-state index contributed by atoms with van der Waals surface area (Å²) in [5.74, 6) is 0.461. The van der Waals surface area contributed by atoms with E-state index in [4.69, 9.17) is 4.74 Å². The molecule has 2 heterocycles. The standard InChI is InChI=1S/C18H17N5O3/c1-12-5-6-15(8-13(12)2)26-18-16(23(24)25)17(21-11-22-18)20-10-14-4-3-7-19-9-14/h3-9,11H,10H2,1-2H3,(H,20,21,22). The lowest BCUT2D eigenvalue weighted by Gasteiger charge is -2.10. The number of rotatable bonds is 6. The summed E-state index contributed by atoms with van der Waals surface area (Å²) in [7, 11) is 0. The molecule has 8 heteroatoms. The van der Waals surface area contributed by atoms with Crippen molar-refractivity contribution in [2.24, 2.45) is 0 Å². The Hall–Kier alpha value is -3.55. The molecule has 0 fully saturated rings. The van der Waals surface area contributed by atoms with Crippen LogP contribution in [0.25, 0.3) is 0 Å². The summed E-state index contributed by atoms with van der Waals surface area (Å²) in [6.45, 7) is 4.26. The topological polar surface area (TPSA) is 103 Å². The van der Waals surface area contributed by atoms with Gasteiger partial charge >= 0.3 is 11.6 Å². The van der Waals surface area contributed by atoms with Gasteiger partial charge in [0.05, 0.1) is 4.92 Å². The highest BCUT2D eigenvalue weighted by Crippen LogP contribution is 2.34. The quantitative estimate of drug-likeness (QED) is 0.532. The van der Waals surface area contributed by atoms with Crippen LogP contribution in [0.5, 0.6) is 11.6 Å². The first-order valence-electron chi connectivity index (χ1n) is 7.92. The fraction of sp³-hybridized carbons (Fsp3) is 0.167. The average molecular weight is 351 g/mol. The molecule has 0 amide bonds. The van der Waals surface area contributed by atoms with Gasteiger partial charge < -0.3 is 10.1 Å². The minimum atomic E-state index is -0.554. The van der Waals surface area contributed by atoms with Gasteiger partial charge in [0, 0.05) is 18.9 Å². The van der Waals surface area contributed by atoms with Crippen LogP contribution in [0.4, 0.5) is 11.5 Å². The van der Waals surface area contributed by atoms with Gasteiger partial charge in [0.1, 0.15) is 12.1 Å². The Balaban J connectivity index is 1.88. The molecule has 3 aromatic rings. The summed E-state index contributed by atoms with van der Waals surface area (Å²) in [6, 6.07) is 9.10. The largest absolute Gasteiger partial charge is 0.434 e. The maximum Gasteiger partial charge on any atom is 0.373 e. The number of pyridine rings is 1. The summed E-state index contributed by atoms with van der Waals surface area (Å²) >= 11 is 0. The van der Waals surface area contributed by atoms with E-state index in [1.165, 1.54) is 6.33 Å². The molecule has 0 saturated heterocycles. The second kappa shape index (κ2) is 7.56. The number of hydrogen-bond donors (Lipinski definition) is 1. The monoisotopic (exact) mass is 351 g/mol. The summed E-state index contributed by atoms with van der Waals surface area (Å²) in [5.41, 5.74) is 2.69. The van der Waals surface area contributed by atoms with E-state index in [1.807, 2.05) is 32.0 Å². The van der Waals surface area contributed by atoms with Crippen molar-refractivity contribution in [3.05, 3.63) is 75.9 Å². The molecule has 132 valence electrons. The summed E-state index contributed by atoms with van der Waals surface area (Å²) < 4.78 is 5.65. The molecule has 0 saturated carbocycles. The zero-order valence-corrected chi connectivity index (χ0v) is 14.3. The van der Waals surface area contributed by atoms with Gasteiger partial charge in [-0.2, -0.15) is 4.98 Å². The SMILES string of the molecule is Cc1ccc(Oc2ncnc(NCc3cccnc3)c2[N+](=O)[O-])cc1C. The van der Waals surface area contributed by atoms with Gasteiger partial charge in [-0.15, -0.1) is 0 Å². The summed E-state index contributed by atoms with van der Waals surface area (Å²) in [4.78, 5) is 22.9. The second-order valence-electron chi connectivity index (χ2n) is 5.70. The van der Waals surface area contributed by atoms with Gasteiger partial charge in [0.2, 0.25) is 5.82 Å². The predicted molar refractivity (Wildman–Crippen MR) is 96.2 cm³/mol. The van der Waals surface area contributed by atoms with Gasteiger partial charge in [-0.05, 0) is 48.7 Å². The number of aromatic nitrogens is 3. The van der Waals surface area contributed by atoms with E-state index in [9.17, 15) is 10.1 Å². The van der Waals surface area contributed by atoms with Crippen LogP contribution in [-0.4, -0.2) is 19.9 Å². The first-order valence-corrected chi connectivity index (χ1v) is 7.92. The van der Waals surface area contributed by atoms with Gasteiger partial charge in [0.15, 0.2) is 0 Å². The van der Waals surface area contributed by atoms with Crippen LogP contribution in [0.3, 0.4) is 0 Å². The first kappa shape index (κ1) is 17.3. The lowest BCUT2D eigenvalue weighted by molar-refractivity contribution is -0.385. The predicted octanol–water partition coefficient (Wildman–Crippen LogP) is 3.80. The van der Waals surface area contributed by atoms with Crippen LogP contribution >= 0.6 is 0 Å². The number of benzene rings is 1. The van der Waals surface area contributed by atoms with Gasteiger partial charge in [-0.1, -0.05) is 12.1 Å². The Kier molecular flexibility index (Phi) is 5.02. The fourth-order valence-electron chi connectivity index (χ4n) is 2.31. The lowest BCUT2D eigenvalue weighted by Crippen LogP contribution is -2.07. The Labute approximate surface area is 150 Å². The molecular weight excluding hydrogens is 334 g/mol. The Morgan fingerprint density at radius 3 is 2.73 bits per heavy atom. The number of anilines is 1. The summed E-state index contributed by atoms with van der Waals surface area (Å²) in [6.07, 6.45) is 4.56. The molecule has 0 bridgehead atoms. The van der Waals surface area contributed by atoms with E-state index in [2.05, 4.69) is 20.3 Å². The maximum atomic E-state index is 11.6.